The van der Waals surface area contributed by atoms with Crippen LogP contribution in [0.1, 0.15) is 58.2 Å². The summed E-state index contributed by atoms with van der Waals surface area (Å²) in [7, 11) is -0.867. The number of hydrogen-bond acceptors (Lipinski definition) is 5. The molecule has 0 aliphatic rings. The van der Waals surface area contributed by atoms with Crippen LogP contribution < -0.4 is 0 Å². The normalized spacial score (nSPS) is 13.4. The number of hydrogen-bond donors (Lipinski definition) is 1. The molecule has 0 amide bonds. The van der Waals surface area contributed by atoms with E-state index in [1.54, 1.807) is 6.08 Å². The highest BCUT2D eigenvalue weighted by atomic mass is 31.2. The molecule has 0 aromatic heterocycles. The molecule has 146 valence electrons. The van der Waals surface area contributed by atoms with Crippen LogP contribution in [0.5, 0.6) is 5.75 Å². The van der Waals surface area contributed by atoms with Crippen LogP contribution in [-0.4, -0.2) is 31.3 Å². The van der Waals surface area contributed by atoms with E-state index in [1.807, 2.05) is 53.7 Å². The molecule has 0 atom stereocenters. The summed E-state index contributed by atoms with van der Waals surface area (Å²) in [5.41, 5.74) is 1.93. The molecule has 0 aliphatic carbocycles. The van der Waals surface area contributed by atoms with Gasteiger partial charge in [0.2, 0.25) is 0 Å². The van der Waals surface area contributed by atoms with Gasteiger partial charge in [-0.2, -0.15) is 0 Å². The lowest BCUT2D eigenvalue weighted by molar-refractivity contribution is -0.112. The maximum atomic E-state index is 12.1. The van der Waals surface area contributed by atoms with Gasteiger partial charge in [0.1, 0.15) is 11.9 Å². The number of carbonyl (C=O) groups is 1. The molecule has 1 N–H and O–H groups in total. The van der Waals surface area contributed by atoms with E-state index < -0.39 is 7.60 Å². The maximum absolute atomic E-state index is 12.1. The predicted octanol–water partition coefficient (Wildman–Crippen LogP) is 5.06. The molecular weight excluding hydrogens is 351 g/mol. The monoisotopic (exact) mass is 382 g/mol. The van der Waals surface area contributed by atoms with Crippen molar-refractivity contribution < 1.29 is 23.5 Å². The van der Waals surface area contributed by atoms with Gasteiger partial charge >= 0.3 is 7.60 Å². The Kier molecular flexibility index (Phi) is 7.03. The molecule has 0 fully saturated rings. The molecule has 0 unspecified atom stereocenters. The van der Waals surface area contributed by atoms with Gasteiger partial charge in [-0.1, -0.05) is 47.6 Å². The Morgan fingerprint density at radius 1 is 1.04 bits per heavy atom. The third-order valence-corrected chi connectivity index (χ3v) is 5.93. The van der Waals surface area contributed by atoms with E-state index in [0.29, 0.717) is 0 Å². The average Bonchev–Trinajstić information content (AvgIpc) is 2.51. The number of rotatable bonds is 6. The van der Waals surface area contributed by atoms with Crippen molar-refractivity contribution in [2.75, 3.05) is 20.4 Å². The molecule has 1 rings (SSSR count). The minimum absolute atomic E-state index is 0.250. The first-order valence-electron chi connectivity index (χ1n) is 8.53. The van der Waals surface area contributed by atoms with Crippen molar-refractivity contribution in [1.82, 2.24) is 0 Å². The topological polar surface area (TPSA) is 72.8 Å². The fourth-order valence-electron chi connectivity index (χ4n) is 2.53. The van der Waals surface area contributed by atoms with Crippen LogP contribution in [0.2, 0.25) is 0 Å². The number of aromatic hydroxyl groups is 1. The van der Waals surface area contributed by atoms with Crippen LogP contribution in [0.25, 0.3) is 6.08 Å². The molecule has 0 saturated heterocycles. The van der Waals surface area contributed by atoms with Gasteiger partial charge in [0.05, 0.1) is 0 Å². The number of ketones is 1. The van der Waals surface area contributed by atoms with Crippen molar-refractivity contribution in [2.45, 2.75) is 52.4 Å². The van der Waals surface area contributed by atoms with Crippen LogP contribution >= 0.6 is 7.60 Å². The Morgan fingerprint density at radius 2 is 1.46 bits per heavy atom. The SMILES string of the molecule is COP(=O)(CC(=O)/C=C/c1cc(C(C)(C)C)c(O)c(C(C)(C)C)c1)OC. The number of benzene rings is 1. The van der Waals surface area contributed by atoms with E-state index >= 15 is 0 Å². The van der Waals surface area contributed by atoms with Gasteiger partial charge in [-0.05, 0) is 34.6 Å². The predicted molar refractivity (Wildman–Crippen MR) is 106 cm³/mol. The highest BCUT2D eigenvalue weighted by molar-refractivity contribution is 7.54. The van der Waals surface area contributed by atoms with E-state index in [1.165, 1.54) is 20.3 Å². The molecule has 0 aliphatic heterocycles. The van der Waals surface area contributed by atoms with E-state index in [9.17, 15) is 14.5 Å². The minimum Gasteiger partial charge on any atom is -0.507 e. The summed E-state index contributed by atoms with van der Waals surface area (Å²) in [4.78, 5) is 12.1. The van der Waals surface area contributed by atoms with Crippen molar-refractivity contribution in [3.63, 3.8) is 0 Å². The molecule has 0 spiro atoms. The van der Waals surface area contributed by atoms with E-state index in [4.69, 9.17) is 9.05 Å². The largest absolute Gasteiger partial charge is 0.507 e. The van der Waals surface area contributed by atoms with Crippen molar-refractivity contribution >= 4 is 19.5 Å². The molecule has 0 heterocycles. The first-order chi connectivity index (χ1) is 11.7. The zero-order chi connectivity index (χ0) is 20.3. The summed E-state index contributed by atoms with van der Waals surface area (Å²) in [6, 6.07) is 3.75. The number of phenols is 1. The van der Waals surface area contributed by atoms with Crippen LogP contribution in [0.3, 0.4) is 0 Å². The number of allylic oxidation sites excluding steroid dienone is 1. The first-order valence-corrected chi connectivity index (χ1v) is 10.3. The Morgan fingerprint density at radius 3 is 1.81 bits per heavy atom. The van der Waals surface area contributed by atoms with Crippen LogP contribution in [-0.2, 0) is 29.2 Å². The Balaban J connectivity index is 3.29. The lowest BCUT2D eigenvalue weighted by Gasteiger charge is -2.27. The average molecular weight is 382 g/mol. The standard InChI is InChI=1S/C20H31O5P/c1-19(2,3)16-11-14(12-17(18(16)22)20(4,5)6)9-10-15(21)13-26(23,24-7)25-8/h9-12,22H,13H2,1-8H3/b10-9+. The maximum Gasteiger partial charge on any atom is 0.337 e. The molecule has 1 aromatic rings. The molecule has 0 bridgehead atoms. The highest BCUT2D eigenvalue weighted by Gasteiger charge is 2.27. The minimum atomic E-state index is -3.38. The second kappa shape index (κ2) is 8.08. The van der Waals surface area contributed by atoms with Crippen LogP contribution in [0, 0.1) is 0 Å². The quantitative estimate of drug-likeness (QED) is 0.550. The van der Waals surface area contributed by atoms with E-state index in [2.05, 4.69) is 0 Å². The lowest BCUT2D eigenvalue weighted by Crippen LogP contribution is -2.17. The highest BCUT2D eigenvalue weighted by Crippen LogP contribution is 2.46. The summed E-state index contributed by atoms with van der Waals surface area (Å²) in [5, 5.41) is 10.7. The van der Waals surface area contributed by atoms with E-state index in [0.717, 1.165) is 16.7 Å². The number of phenolic OH excluding ortho intramolecular Hbond substituents is 1. The van der Waals surface area contributed by atoms with Gasteiger partial charge in [0.15, 0.2) is 5.78 Å². The van der Waals surface area contributed by atoms with Crippen LogP contribution in [0.4, 0.5) is 0 Å². The molecule has 0 saturated carbocycles. The van der Waals surface area contributed by atoms with Crippen LogP contribution in [0.15, 0.2) is 18.2 Å². The summed E-state index contributed by atoms with van der Waals surface area (Å²) in [5.74, 6) is -0.0588. The summed E-state index contributed by atoms with van der Waals surface area (Å²) >= 11 is 0. The van der Waals surface area contributed by atoms with Gasteiger partial charge in [-0.15, -0.1) is 0 Å². The van der Waals surface area contributed by atoms with Crippen molar-refractivity contribution in [2.24, 2.45) is 0 Å². The Labute approximate surface area is 156 Å². The molecular formula is C20H31O5P. The van der Waals surface area contributed by atoms with Gasteiger partial charge < -0.3 is 14.2 Å². The lowest BCUT2D eigenvalue weighted by atomic mass is 9.78. The van der Waals surface area contributed by atoms with Gasteiger partial charge in [-0.3, -0.25) is 9.36 Å². The fourth-order valence-corrected chi connectivity index (χ4v) is 3.43. The second-order valence-corrected chi connectivity index (χ2v) is 10.7. The fraction of sp³-hybridized carbons (Fsp3) is 0.550. The van der Waals surface area contributed by atoms with Crippen molar-refractivity contribution in [3.05, 3.63) is 34.9 Å². The summed E-state index contributed by atoms with van der Waals surface area (Å²) in [6.07, 6.45) is 2.73. The zero-order valence-electron chi connectivity index (χ0n) is 17.0. The van der Waals surface area contributed by atoms with Crippen molar-refractivity contribution in [1.29, 1.82) is 0 Å². The first kappa shape index (κ1) is 22.6. The molecule has 1 aromatic carbocycles. The molecule has 6 heteroatoms. The van der Waals surface area contributed by atoms with E-state index in [-0.39, 0.29) is 28.5 Å². The van der Waals surface area contributed by atoms with Gasteiger partial charge in [-0.25, -0.2) is 0 Å². The smallest absolute Gasteiger partial charge is 0.337 e. The third kappa shape index (κ3) is 5.80. The molecule has 26 heavy (non-hydrogen) atoms. The summed E-state index contributed by atoms with van der Waals surface area (Å²) < 4.78 is 21.7. The van der Waals surface area contributed by atoms with Gasteiger partial charge in [0.25, 0.3) is 0 Å². The number of carbonyl (C=O) groups excluding carboxylic acids is 1. The zero-order valence-corrected chi connectivity index (χ0v) is 17.9. The second-order valence-electron chi connectivity index (χ2n) is 8.40. The third-order valence-electron chi connectivity index (χ3n) is 4.12. The van der Waals surface area contributed by atoms with Crippen molar-refractivity contribution in [3.8, 4) is 5.75 Å². The Hall–Kier alpha value is -1.42. The summed E-state index contributed by atoms with van der Waals surface area (Å²) in [6.45, 7) is 12.2. The molecule has 5 nitrogen and oxygen atoms in total. The van der Waals surface area contributed by atoms with Gasteiger partial charge in [0, 0.05) is 25.3 Å². The molecule has 0 radical (unpaired) electrons. The Bertz CT molecular complexity index is 693.